The molecule has 0 radical (unpaired) electrons. The first-order valence-electron chi connectivity index (χ1n) is 9.67. The molecule has 9 nitrogen and oxygen atoms in total. The Kier molecular flexibility index (Phi) is 7.42. The summed E-state index contributed by atoms with van der Waals surface area (Å²) in [6.07, 6.45) is 1.34. The molecule has 3 rings (SSSR count). The maximum Gasteiger partial charge on any atom is 0.339 e. The number of nitrogens with one attached hydrogen (secondary N) is 1. The lowest BCUT2D eigenvalue weighted by Gasteiger charge is -2.11. The number of methoxy groups -OCH3 is 1. The molecule has 0 aliphatic rings. The molecule has 3 aromatic rings. The fourth-order valence-corrected chi connectivity index (χ4v) is 4.30. The predicted molar refractivity (Wildman–Crippen MR) is 123 cm³/mol. The molecular formula is C22H20N4O5S2. The van der Waals surface area contributed by atoms with Crippen LogP contribution in [0.4, 0.5) is 5.13 Å². The van der Waals surface area contributed by atoms with Gasteiger partial charge in [-0.05, 0) is 35.9 Å². The van der Waals surface area contributed by atoms with Crippen LogP contribution in [0.3, 0.4) is 0 Å². The van der Waals surface area contributed by atoms with Gasteiger partial charge in [0.1, 0.15) is 21.5 Å². The van der Waals surface area contributed by atoms with Crippen LogP contribution in [0.25, 0.3) is 6.08 Å². The largest absolute Gasteiger partial charge is 0.493 e. The maximum atomic E-state index is 12.5. The van der Waals surface area contributed by atoms with Gasteiger partial charge in [0.15, 0.2) is 11.5 Å². The number of nitriles is 1. The van der Waals surface area contributed by atoms with Crippen LogP contribution in [0, 0.1) is 11.3 Å². The molecule has 0 atom stereocenters. The summed E-state index contributed by atoms with van der Waals surface area (Å²) in [5.41, 5.74) is 0.257. The minimum atomic E-state index is -4.06. The smallest absolute Gasteiger partial charge is 0.339 e. The summed E-state index contributed by atoms with van der Waals surface area (Å²) < 4.78 is 35.4. The molecule has 0 aliphatic carbocycles. The van der Waals surface area contributed by atoms with Crippen LogP contribution in [0.1, 0.15) is 30.3 Å². The Morgan fingerprint density at radius 3 is 2.48 bits per heavy atom. The quantitative estimate of drug-likeness (QED) is 0.288. The fraction of sp³-hybridized carbons (Fsp3) is 0.182. The van der Waals surface area contributed by atoms with Crippen molar-refractivity contribution in [1.29, 1.82) is 5.26 Å². The summed E-state index contributed by atoms with van der Waals surface area (Å²) in [5.74, 6) is -0.392. The first-order chi connectivity index (χ1) is 15.7. The van der Waals surface area contributed by atoms with Crippen LogP contribution in [-0.2, 0) is 14.9 Å². The topological polar surface area (TPSA) is 131 Å². The summed E-state index contributed by atoms with van der Waals surface area (Å²) in [7, 11) is -2.71. The van der Waals surface area contributed by atoms with Crippen LogP contribution in [0.15, 0.2) is 59.0 Å². The van der Waals surface area contributed by atoms with Crippen molar-refractivity contribution in [2.45, 2.75) is 24.7 Å². The molecule has 0 aliphatic heterocycles. The number of carbonyl (C=O) groups is 1. The molecule has 33 heavy (non-hydrogen) atoms. The molecule has 170 valence electrons. The van der Waals surface area contributed by atoms with Gasteiger partial charge in [-0.15, -0.1) is 10.2 Å². The van der Waals surface area contributed by atoms with E-state index in [1.165, 1.54) is 54.9 Å². The Balaban J connectivity index is 1.82. The first kappa shape index (κ1) is 23.9. The highest BCUT2D eigenvalue weighted by molar-refractivity contribution is 7.87. The zero-order chi connectivity index (χ0) is 24.0. The van der Waals surface area contributed by atoms with E-state index in [4.69, 9.17) is 8.92 Å². The Morgan fingerprint density at radius 1 is 1.15 bits per heavy atom. The SMILES string of the molecule is COc1cc(C=C(C#N)C(=O)Nc2nnc(C(C)C)s2)ccc1OS(=O)(=O)c1ccccc1. The Labute approximate surface area is 195 Å². The highest BCUT2D eigenvalue weighted by atomic mass is 32.2. The van der Waals surface area contributed by atoms with E-state index in [-0.39, 0.29) is 33.0 Å². The average Bonchev–Trinajstić information content (AvgIpc) is 3.27. The second-order valence-electron chi connectivity index (χ2n) is 6.98. The van der Waals surface area contributed by atoms with Gasteiger partial charge in [-0.1, -0.05) is 49.4 Å². The molecule has 1 amide bonds. The molecule has 0 fully saturated rings. The van der Waals surface area contributed by atoms with E-state index in [1.54, 1.807) is 18.2 Å². The van der Waals surface area contributed by atoms with Crippen molar-refractivity contribution >= 4 is 38.6 Å². The normalized spacial score (nSPS) is 11.7. The summed E-state index contributed by atoms with van der Waals surface area (Å²) in [5, 5.41) is 21.0. The Bertz CT molecular complexity index is 1330. The number of hydrogen-bond donors (Lipinski definition) is 1. The lowest BCUT2D eigenvalue weighted by molar-refractivity contribution is -0.112. The number of rotatable bonds is 8. The molecule has 0 unspecified atom stereocenters. The van der Waals surface area contributed by atoms with E-state index in [1.807, 2.05) is 19.9 Å². The van der Waals surface area contributed by atoms with Gasteiger partial charge in [0.2, 0.25) is 5.13 Å². The lowest BCUT2D eigenvalue weighted by Crippen LogP contribution is -2.13. The predicted octanol–water partition coefficient (Wildman–Crippen LogP) is 3.98. The van der Waals surface area contributed by atoms with Gasteiger partial charge in [0.25, 0.3) is 5.91 Å². The van der Waals surface area contributed by atoms with Crippen molar-refractivity contribution in [3.8, 4) is 17.6 Å². The average molecular weight is 485 g/mol. The van der Waals surface area contributed by atoms with Crippen molar-refractivity contribution in [2.24, 2.45) is 0 Å². The minimum Gasteiger partial charge on any atom is -0.493 e. The van der Waals surface area contributed by atoms with Gasteiger partial charge in [-0.2, -0.15) is 13.7 Å². The number of benzene rings is 2. The Hall–Kier alpha value is -3.75. The highest BCUT2D eigenvalue weighted by Crippen LogP contribution is 2.31. The first-order valence-corrected chi connectivity index (χ1v) is 11.9. The van der Waals surface area contributed by atoms with E-state index >= 15 is 0 Å². The van der Waals surface area contributed by atoms with E-state index in [0.717, 1.165) is 5.01 Å². The molecule has 1 heterocycles. The van der Waals surface area contributed by atoms with Crippen LogP contribution in [-0.4, -0.2) is 31.6 Å². The van der Waals surface area contributed by atoms with Crippen LogP contribution in [0.5, 0.6) is 11.5 Å². The van der Waals surface area contributed by atoms with Crippen molar-refractivity contribution in [1.82, 2.24) is 10.2 Å². The van der Waals surface area contributed by atoms with Crippen molar-refractivity contribution in [3.63, 3.8) is 0 Å². The van der Waals surface area contributed by atoms with Gasteiger partial charge in [-0.3, -0.25) is 10.1 Å². The maximum absolute atomic E-state index is 12.5. The summed E-state index contributed by atoms with van der Waals surface area (Å²) in [6.45, 7) is 3.91. The van der Waals surface area contributed by atoms with E-state index in [0.29, 0.717) is 5.56 Å². The van der Waals surface area contributed by atoms with Gasteiger partial charge in [-0.25, -0.2) is 0 Å². The number of nitrogens with zero attached hydrogens (tertiary/aromatic N) is 3. The van der Waals surface area contributed by atoms with E-state index in [9.17, 15) is 18.5 Å². The third-order valence-corrected chi connectivity index (χ3v) is 6.64. The van der Waals surface area contributed by atoms with Crippen LogP contribution < -0.4 is 14.2 Å². The number of amides is 1. The molecule has 1 aromatic heterocycles. The third kappa shape index (κ3) is 5.94. The minimum absolute atomic E-state index is 0.00300. The van der Waals surface area contributed by atoms with Gasteiger partial charge in [0.05, 0.1) is 7.11 Å². The van der Waals surface area contributed by atoms with Crippen LogP contribution in [0.2, 0.25) is 0 Å². The number of hydrogen-bond acceptors (Lipinski definition) is 9. The fourth-order valence-electron chi connectivity index (χ4n) is 2.59. The lowest BCUT2D eigenvalue weighted by atomic mass is 10.1. The molecule has 11 heteroatoms. The summed E-state index contributed by atoms with van der Waals surface area (Å²) >= 11 is 1.23. The van der Waals surface area contributed by atoms with Gasteiger partial charge in [0, 0.05) is 5.92 Å². The highest BCUT2D eigenvalue weighted by Gasteiger charge is 2.19. The second-order valence-corrected chi connectivity index (χ2v) is 9.54. The number of carbonyl (C=O) groups excluding carboxylic acids is 1. The molecule has 0 bridgehead atoms. The van der Waals surface area contributed by atoms with E-state index in [2.05, 4.69) is 15.5 Å². The summed E-state index contributed by atoms with van der Waals surface area (Å²) in [6, 6.07) is 13.9. The zero-order valence-electron chi connectivity index (χ0n) is 18.0. The molecule has 2 aromatic carbocycles. The molecule has 1 N–H and O–H groups in total. The molecule has 0 saturated carbocycles. The number of anilines is 1. The third-order valence-electron chi connectivity index (χ3n) is 4.25. The second kappa shape index (κ2) is 10.2. The summed E-state index contributed by atoms with van der Waals surface area (Å²) in [4.78, 5) is 12.5. The molecule has 0 spiro atoms. The van der Waals surface area contributed by atoms with Gasteiger partial charge >= 0.3 is 10.1 Å². The standard InChI is InChI=1S/C22H20N4O5S2/c1-14(2)21-25-26-22(32-21)24-20(27)16(13-23)11-15-9-10-18(19(12-15)30-3)31-33(28,29)17-7-5-4-6-8-17/h4-12,14H,1-3H3,(H,24,26,27). The van der Waals surface area contributed by atoms with Crippen molar-refractivity contribution in [2.75, 3.05) is 12.4 Å². The van der Waals surface area contributed by atoms with E-state index < -0.39 is 16.0 Å². The van der Waals surface area contributed by atoms with Crippen LogP contribution >= 0.6 is 11.3 Å². The number of ether oxygens (including phenoxy) is 1. The Morgan fingerprint density at radius 2 is 1.88 bits per heavy atom. The van der Waals surface area contributed by atoms with Crippen molar-refractivity contribution < 1.29 is 22.1 Å². The monoisotopic (exact) mass is 484 g/mol. The van der Waals surface area contributed by atoms with Gasteiger partial charge < -0.3 is 8.92 Å². The number of aromatic nitrogens is 2. The molecule has 0 saturated heterocycles. The molecular weight excluding hydrogens is 464 g/mol. The van der Waals surface area contributed by atoms with Crippen molar-refractivity contribution in [3.05, 3.63) is 64.7 Å². The zero-order valence-corrected chi connectivity index (χ0v) is 19.6.